The molecule has 3 unspecified atom stereocenters. The zero-order valence-electron chi connectivity index (χ0n) is 14.8. The first-order valence-electron chi connectivity index (χ1n) is 9.15. The van der Waals surface area contributed by atoms with E-state index in [0.717, 1.165) is 31.6 Å². The number of hydrogen-bond donors (Lipinski definition) is 0. The van der Waals surface area contributed by atoms with Crippen LogP contribution in [0.25, 0.3) is 0 Å². The summed E-state index contributed by atoms with van der Waals surface area (Å²) in [6, 6.07) is 4.01. The Morgan fingerprint density at radius 2 is 2.28 bits per heavy atom. The van der Waals surface area contributed by atoms with Crippen molar-refractivity contribution in [2.75, 3.05) is 13.1 Å². The molecule has 1 saturated carbocycles. The monoisotopic (exact) mass is 340 g/mol. The van der Waals surface area contributed by atoms with Gasteiger partial charge in [-0.3, -0.25) is 9.78 Å². The summed E-state index contributed by atoms with van der Waals surface area (Å²) in [6.07, 6.45) is 6.59. The van der Waals surface area contributed by atoms with Gasteiger partial charge in [0, 0.05) is 43.2 Å². The van der Waals surface area contributed by atoms with Crippen molar-refractivity contribution in [2.24, 2.45) is 5.92 Å². The molecule has 6 nitrogen and oxygen atoms in total. The minimum absolute atomic E-state index is 0.111. The first kappa shape index (κ1) is 16.2. The van der Waals surface area contributed by atoms with Crippen molar-refractivity contribution >= 4 is 5.91 Å². The van der Waals surface area contributed by atoms with Crippen molar-refractivity contribution < 1.29 is 9.32 Å². The van der Waals surface area contributed by atoms with E-state index in [1.54, 1.807) is 6.20 Å². The molecule has 0 aromatic carbocycles. The number of amides is 1. The van der Waals surface area contributed by atoms with Crippen LogP contribution in [0.15, 0.2) is 29.0 Å². The molecule has 0 bridgehead atoms. The number of pyridine rings is 1. The third kappa shape index (κ3) is 3.30. The summed E-state index contributed by atoms with van der Waals surface area (Å²) in [4.78, 5) is 23.6. The summed E-state index contributed by atoms with van der Waals surface area (Å²) in [5.74, 6) is 2.56. The molecule has 1 aliphatic carbocycles. The van der Waals surface area contributed by atoms with Gasteiger partial charge in [-0.15, -0.1) is 0 Å². The summed E-state index contributed by atoms with van der Waals surface area (Å²) in [7, 11) is 0. The minimum atomic E-state index is 0.111. The lowest BCUT2D eigenvalue weighted by molar-refractivity contribution is -0.133. The van der Waals surface area contributed by atoms with E-state index in [4.69, 9.17) is 4.52 Å². The fraction of sp³-hybridized carbons (Fsp3) is 0.579. The number of hydrogen-bond acceptors (Lipinski definition) is 5. The van der Waals surface area contributed by atoms with Crippen LogP contribution < -0.4 is 0 Å². The molecule has 132 valence electrons. The molecular weight excluding hydrogens is 316 g/mol. The average Bonchev–Trinajstić information content (AvgIpc) is 3.29. The smallest absolute Gasteiger partial charge is 0.229 e. The first-order chi connectivity index (χ1) is 12.1. The molecule has 25 heavy (non-hydrogen) atoms. The van der Waals surface area contributed by atoms with E-state index in [2.05, 4.69) is 21.2 Å². The second-order valence-corrected chi connectivity index (χ2v) is 7.50. The maximum Gasteiger partial charge on any atom is 0.229 e. The van der Waals surface area contributed by atoms with Gasteiger partial charge in [-0.2, -0.15) is 4.98 Å². The third-order valence-corrected chi connectivity index (χ3v) is 5.27. The van der Waals surface area contributed by atoms with Gasteiger partial charge in [-0.25, -0.2) is 0 Å². The summed E-state index contributed by atoms with van der Waals surface area (Å²) >= 11 is 0. The molecule has 0 radical (unpaired) electrons. The van der Waals surface area contributed by atoms with Crippen LogP contribution in [0.1, 0.15) is 68.1 Å². The van der Waals surface area contributed by atoms with E-state index in [1.165, 1.54) is 5.56 Å². The number of carbonyl (C=O) groups is 1. The van der Waals surface area contributed by atoms with Crippen LogP contribution in [0.5, 0.6) is 0 Å². The van der Waals surface area contributed by atoms with Crippen molar-refractivity contribution in [1.29, 1.82) is 0 Å². The zero-order valence-corrected chi connectivity index (χ0v) is 14.8. The maximum atomic E-state index is 12.9. The van der Waals surface area contributed by atoms with Crippen LogP contribution in [0.4, 0.5) is 0 Å². The molecular formula is C19H24N4O2. The fourth-order valence-electron chi connectivity index (χ4n) is 3.70. The Morgan fingerprint density at radius 3 is 3.00 bits per heavy atom. The Balaban J connectivity index is 1.40. The lowest BCUT2D eigenvalue weighted by Gasteiger charge is -2.31. The van der Waals surface area contributed by atoms with Crippen molar-refractivity contribution in [1.82, 2.24) is 20.0 Å². The standard InChI is InChI=1S/C19H24N4O2/c1-12(2)18-21-17(22-25-18)14-6-4-8-23(11-14)19(24)16-9-15(16)13-5-3-7-20-10-13/h3,5,7,10,12,14-16H,4,6,8-9,11H2,1-2H3. The third-order valence-electron chi connectivity index (χ3n) is 5.27. The SMILES string of the molecule is CC(C)c1nc(C2CCCN(C(=O)C3CC3c3cccnc3)C2)no1. The highest BCUT2D eigenvalue weighted by atomic mass is 16.5. The second kappa shape index (κ2) is 6.58. The number of nitrogens with zero attached hydrogens (tertiary/aromatic N) is 4. The number of likely N-dealkylation sites (tertiary alicyclic amines) is 1. The largest absolute Gasteiger partial charge is 0.342 e. The van der Waals surface area contributed by atoms with Gasteiger partial charge < -0.3 is 9.42 Å². The fourth-order valence-corrected chi connectivity index (χ4v) is 3.70. The molecule has 3 atom stereocenters. The van der Waals surface area contributed by atoms with Gasteiger partial charge in [0.25, 0.3) is 0 Å². The highest BCUT2D eigenvalue weighted by Crippen LogP contribution is 2.48. The Kier molecular flexibility index (Phi) is 4.27. The highest BCUT2D eigenvalue weighted by molar-refractivity contribution is 5.83. The van der Waals surface area contributed by atoms with Crippen molar-refractivity contribution in [3.63, 3.8) is 0 Å². The molecule has 3 heterocycles. The van der Waals surface area contributed by atoms with Crippen molar-refractivity contribution in [3.8, 4) is 0 Å². The Labute approximate surface area is 147 Å². The predicted molar refractivity (Wildman–Crippen MR) is 92.0 cm³/mol. The molecule has 6 heteroatoms. The van der Waals surface area contributed by atoms with Crippen LogP contribution in [0.3, 0.4) is 0 Å². The van der Waals surface area contributed by atoms with Gasteiger partial charge in [0.15, 0.2) is 5.82 Å². The molecule has 0 spiro atoms. The summed E-state index contributed by atoms with van der Waals surface area (Å²) in [6.45, 7) is 5.62. The van der Waals surface area contributed by atoms with Gasteiger partial charge in [-0.05, 0) is 36.8 Å². The molecule has 2 aromatic heterocycles. The minimum Gasteiger partial charge on any atom is -0.342 e. The van der Waals surface area contributed by atoms with E-state index in [9.17, 15) is 4.79 Å². The molecule has 1 aliphatic heterocycles. The van der Waals surface area contributed by atoms with Crippen LogP contribution in [-0.4, -0.2) is 39.0 Å². The van der Waals surface area contributed by atoms with Gasteiger partial charge in [0.1, 0.15) is 0 Å². The van der Waals surface area contributed by atoms with Gasteiger partial charge in [-0.1, -0.05) is 25.1 Å². The zero-order chi connectivity index (χ0) is 17.4. The van der Waals surface area contributed by atoms with Crippen molar-refractivity contribution in [2.45, 2.75) is 50.9 Å². The van der Waals surface area contributed by atoms with E-state index in [0.29, 0.717) is 18.4 Å². The molecule has 1 amide bonds. The number of carbonyl (C=O) groups excluding carboxylic acids is 1. The second-order valence-electron chi connectivity index (χ2n) is 7.50. The van der Waals surface area contributed by atoms with E-state index >= 15 is 0 Å². The van der Waals surface area contributed by atoms with Crippen molar-refractivity contribution in [3.05, 3.63) is 41.8 Å². The van der Waals surface area contributed by atoms with Crippen LogP contribution >= 0.6 is 0 Å². The van der Waals surface area contributed by atoms with Gasteiger partial charge >= 0.3 is 0 Å². The molecule has 2 aliphatic rings. The van der Waals surface area contributed by atoms with E-state index < -0.39 is 0 Å². The van der Waals surface area contributed by atoms with E-state index in [-0.39, 0.29) is 23.7 Å². The number of rotatable bonds is 4. The van der Waals surface area contributed by atoms with Crippen LogP contribution in [0.2, 0.25) is 0 Å². The first-order valence-corrected chi connectivity index (χ1v) is 9.15. The average molecular weight is 340 g/mol. The Morgan fingerprint density at radius 1 is 1.40 bits per heavy atom. The van der Waals surface area contributed by atoms with Gasteiger partial charge in [0.2, 0.25) is 11.8 Å². The maximum absolute atomic E-state index is 12.9. The molecule has 1 saturated heterocycles. The lowest BCUT2D eigenvalue weighted by atomic mass is 9.96. The normalized spacial score (nSPS) is 26.0. The van der Waals surface area contributed by atoms with Crippen LogP contribution in [-0.2, 0) is 4.79 Å². The topological polar surface area (TPSA) is 72.1 Å². The lowest BCUT2D eigenvalue weighted by Crippen LogP contribution is -2.40. The summed E-state index contributed by atoms with van der Waals surface area (Å²) in [5, 5.41) is 4.15. The Hall–Kier alpha value is -2.24. The number of aromatic nitrogens is 3. The molecule has 4 rings (SSSR count). The number of piperidine rings is 1. The molecule has 2 fully saturated rings. The van der Waals surface area contributed by atoms with E-state index in [1.807, 2.05) is 31.0 Å². The Bertz CT molecular complexity index is 743. The van der Waals surface area contributed by atoms with Crippen LogP contribution in [0, 0.1) is 5.92 Å². The summed E-state index contributed by atoms with van der Waals surface area (Å²) in [5.41, 5.74) is 1.18. The summed E-state index contributed by atoms with van der Waals surface area (Å²) < 4.78 is 5.34. The quantitative estimate of drug-likeness (QED) is 0.855. The highest BCUT2D eigenvalue weighted by Gasteiger charge is 2.46. The molecule has 2 aromatic rings. The predicted octanol–water partition coefficient (Wildman–Crippen LogP) is 3.10. The molecule has 0 N–H and O–H groups in total. The van der Waals surface area contributed by atoms with Gasteiger partial charge in [0.05, 0.1) is 0 Å².